The van der Waals surface area contributed by atoms with E-state index >= 15 is 0 Å². The van der Waals surface area contributed by atoms with E-state index in [9.17, 15) is 0 Å². The maximum absolute atomic E-state index is 4.47. The third-order valence-corrected chi connectivity index (χ3v) is 5.01. The topological polar surface area (TPSA) is 21.1 Å². The number of rotatable bonds is 4. The largest absolute Gasteiger partial charge is 0.344 e. The first-order valence-electron chi connectivity index (χ1n) is 8.58. The summed E-state index contributed by atoms with van der Waals surface area (Å²) in [6.45, 7) is 6.66. The molecule has 23 heavy (non-hydrogen) atoms. The molecule has 0 N–H and O–H groups in total. The van der Waals surface area contributed by atoms with E-state index in [0.29, 0.717) is 0 Å². The molecule has 0 saturated carbocycles. The highest BCUT2D eigenvalue weighted by atomic mass is 15.1. The van der Waals surface area contributed by atoms with Crippen LogP contribution in [0.5, 0.6) is 0 Å². The van der Waals surface area contributed by atoms with Crippen molar-refractivity contribution in [2.24, 2.45) is 0 Å². The number of hydrogen-bond acceptors (Lipinski definition) is 2. The zero-order valence-corrected chi connectivity index (χ0v) is 13.7. The Kier molecular flexibility index (Phi) is 3.88. The molecule has 0 saturated heterocycles. The molecular weight excluding hydrogens is 282 g/mol. The van der Waals surface area contributed by atoms with E-state index in [2.05, 4.69) is 57.8 Å². The van der Waals surface area contributed by atoms with Gasteiger partial charge >= 0.3 is 0 Å². The normalized spacial score (nSPS) is 15.0. The van der Waals surface area contributed by atoms with Crippen LogP contribution >= 0.6 is 0 Å². The predicted molar refractivity (Wildman–Crippen MR) is 94.5 cm³/mol. The highest BCUT2D eigenvalue weighted by Crippen LogP contribution is 2.31. The van der Waals surface area contributed by atoms with Crippen molar-refractivity contribution in [2.45, 2.75) is 32.9 Å². The van der Waals surface area contributed by atoms with Crippen molar-refractivity contribution < 1.29 is 0 Å². The van der Waals surface area contributed by atoms with Crippen LogP contribution in [0, 0.1) is 0 Å². The van der Waals surface area contributed by atoms with Gasteiger partial charge in [-0.3, -0.25) is 9.88 Å². The Hall–Kier alpha value is -2.13. The molecule has 1 aliphatic rings. The fourth-order valence-electron chi connectivity index (χ4n) is 3.75. The van der Waals surface area contributed by atoms with Gasteiger partial charge in [-0.05, 0) is 30.3 Å². The first kappa shape index (κ1) is 14.5. The Labute approximate surface area is 137 Å². The van der Waals surface area contributed by atoms with E-state index in [4.69, 9.17) is 0 Å². The van der Waals surface area contributed by atoms with Crippen LogP contribution in [0.25, 0.3) is 10.9 Å². The molecule has 0 bridgehead atoms. The molecule has 118 valence electrons. The summed E-state index contributed by atoms with van der Waals surface area (Å²) in [5, 5.41) is 1.43. The lowest BCUT2D eigenvalue weighted by Gasteiger charge is -2.26. The summed E-state index contributed by atoms with van der Waals surface area (Å²) in [6.07, 6.45) is 4.03. The van der Waals surface area contributed by atoms with Crippen molar-refractivity contribution >= 4 is 10.9 Å². The smallest absolute Gasteiger partial charge is 0.0486 e. The highest BCUT2D eigenvalue weighted by Gasteiger charge is 2.22. The second kappa shape index (κ2) is 6.17. The molecule has 0 unspecified atom stereocenters. The second-order valence-corrected chi connectivity index (χ2v) is 6.28. The van der Waals surface area contributed by atoms with Gasteiger partial charge in [0.1, 0.15) is 0 Å². The van der Waals surface area contributed by atoms with Crippen LogP contribution in [0.4, 0.5) is 0 Å². The molecule has 1 aromatic carbocycles. The average molecular weight is 305 g/mol. The summed E-state index contributed by atoms with van der Waals surface area (Å²) in [5.74, 6) is 0. The summed E-state index contributed by atoms with van der Waals surface area (Å²) < 4.78 is 2.53. The molecule has 0 fully saturated rings. The number of nitrogens with zero attached hydrogens (tertiary/aromatic N) is 3. The first-order valence-corrected chi connectivity index (χ1v) is 8.58. The lowest BCUT2D eigenvalue weighted by atomic mass is 10.0. The maximum Gasteiger partial charge on any atom is 0.0486 e. The lowest BCUT2D eigenvalue weighted by molar-refractivity contribution is 0.265. The molecular formula is C20H23N3. The van der Waals surface area contributed by atoms with Gasteiger partial charge in [-0.25, -0.2) is 0 Å². The van der Waals surface area contributed by atoms with Crippen LogP contribution in [-0.4, -0.2) is 27.5 Å². The number of fused-ring (bicyclic) bond motifs is 3. The van der Waals surface area contributed by atoms with Crippen molar-refractivity contribution in [3.8, 4) is 0 Å². The first-order chi connectivity index (χ1) is 11.4. The Morgan fingerprint density at radius 3 is 2.78 bits per heavy atom. The minimum atomic E-state index is 0.990. The van der Waals surface area contributed by atoms with Gasteiger partial charge in [-0.15, -0.1) is 0 Å². The minimum absolute atomic E-state index is 0.990. The van der Waals surface area contributed by atoms with Crippen molar-refractivity contribution in [3.63, 3.8) is 0 Å². The van der Waals surface area contributed by atoms with Gasteiger partial charge in [0.05, 0.1) is 0 Å². The Balaban J connectivity index is 1.72. The maximum atomic E-state index is 4.47. The fraction of sp³-hybridized carbons (Fsp3) is 0.350. The van der Waals surface area contributed by atoms with Gasteiger partial charge in [0, 0.05) is 61.0 Å². The van der Waals surface area contributed by atoms with E-state index in [0.717, 1.165) is 32.5 Å². The molecule has 0 spiro atoms. The van der Waals surface area contributed by atoms with Gasteiger partial charge in [-0.2, -0.15) is 0 Å². The predicted octanol–water partition coefficient (Wildman–Crippen LogP) is 3.66. The SMILES string of the molecule is CCN1CCc2c(c3ccccc3n2CCc2ccccn2)C1. The molecule has 3 heteroatoms. The van der Waals surface area contributed by atoms with Crippen molar-refractivity contribution in [1.82, 2.24) is 14.5 Å². The van der Waals surface area contributed by atoms with E-state index in [1.54, 1.807) is 0 Å². The molecule has 0 aliphatic carbocycles. The van der Waals surface area contributed by atoms with Crippen LogP contribution in [0.1, 0.15) is 23.9 Å². The molecule has 3 aromatic rings. The van der Waals surface area contributed by atoms with Gasteiger partial charge in [0.25, 0.3) is 0 Å². The molecule has 0 radical (unpaired) electrons. The quantitative estimate of drug-likeness (QED) is 0.733. The summed E-state index contributed by atoms with van der Waals surface area (Å²) >= 11 is 0. The number of para-hydroxylation sites is 1. The van der Waals surface area contributed by atoms with Crippen LogP contribution in [0.2, 0.25) is 0 Å². The van der Waals surface area contributed by atoms with E-state index in [1.807, 2.05) is 12.3 Å². The molecule has 1 aliphatic heterocycles. The lowest BCUT2D eigenvalue weighted by Crippen LogP contribution is -2.30. The summed E-state index contributed by atoms with van der Waals surface area (Å²) in [4.78, 5) is 7.01. The van der Waals surface area contributed by atoms with Crippen LogP contribution in [0.15, 0.2) is 48.7 Å². The van der Waals surface area contributed by atoms with Crippen LogP contribution in [0.3, 0.4) is 0 Å². The monoisotopic (exact) mass is 305 g/mol. The summed E-state index contributed by atoms with van der Waals surface area (Å²) in [5.41, 5.74) is 5.62. The number of pyridine rings is 1. The summed E-state index contributed by atoms with van der Waals surface area (Å²) in [7, 11) is 0. The zero-order chi connectivity index (χ0) is 15.6. The van der Waals surface area contributed by atoms with Gasteiger partial charge in [0.15, 0.2) is 0 Å². The van der Waals surface area contributed by atoms with E-state index in [1.165, 1.54) is 34.4 Å². The molecule has 3 heterocycles. The van der Waals surface area contributed by atoms with Crippen molar-refractivity contribution in [3.05, 3.63) is 65.6 Å². The highest BCUT2D eigenvalue weighted by molar-refractivity contribution is 5.85. The van der Waals surface area contributed by atoms with Crippen LogP contribution in [-0.2, 0) is 25.9 Å². The van der Waals surface area contributed by atoms with Crippen molar-refractivity contribution in [2.75, 3.05) is 13.1 Å². The van der Waals surface area contributed by atoms with E-state index < -0.39 is 0 Å². The number of likely N-dealkylation sites (N-methyl/N-ethyl adjacent to an activating group) is 1. The van der Waals surface area contributed by atoms with Gasteiger partial charge in [0.2, 0.25) is 0 Å². The van der Waals surface area contributed by atoms with Gasteiger partial charge < -0.3 is 4.57 Å². The molecule has 4 rings (SSSR count). The van der Waals surface area contributed by atoms with Crippen LogP contribution < -0.4 is 0 Å². The second-order valence-electron chi connectivity index (χ2n) is 6.28. The molecule has 2 aromatic heterocycles. The third kappa shape index (κ3) is 2.66. The Morgan fingerprint density at radius 1 is 1.09 bits per heavy atom. The van der Waals surface area contributed by atoms with Crippen molar-refractivity contribution in [1.29, 1.82) is 0 Å². The number of aryl methyl sites for hydroxylation is 2. The molecule has 3 nitrogen and oxygen atoms in total. The number of hydrogen-bond donors (Lipinski definition) is 0. The minimum Gasteiger partial charge on any atom is -0.344 e. The average Bonchev–Trinajstić information content (AvgIpc) is 2.94. The molecule has 0 amide bonds. The Bertz CT molecular complexity index is 804. The molecule has 0 atom stereocenters. The number of benzene rings is 1. The zero-order valence-electron chi connectivity index (χ0n) is 13.7. The summed E-state index contributed by atoms with van der Waals surface area (Å²) in [6, 6.07) is 15.0. The van der Waals surface area contributed by atoms with E-state index in [-0.39, 0.29) is 0 Å². The third-order valence-electron chi connectivity index (χ3n) is 5.01. The number of aromatic nitrogens is 2. The van der Waals surface area contributed by atoms with Gasteiger partial charge in [-0.1, -0.05) is 31.2 Å². The standard InChI is InChI=1S/C20H23N3/c1-2-22-13-11-20-18(15-22)17-8-3-4-9-19(17)23(20)14-10-16-7-5-6-12-21-16/h3-9,12H,2,10-11,13-15H2,1H3. The Morgan fingerprint density at radius 2 is 1.96 bits per heavy atom. The fourth-order valence-corrected chi connectivity index (χ4v) is 3.75.